The summed E-state index contributed by atoms with van der Waals surface area (Å²) >= 11 is 0. The largest absolute Gasteiger partial charge is 0.282 e. The Morgan fingerprint density at radius 3 is 2.06 bits per heavy atom. The van der Waals surface area contributed by atoms with Gasteiger partial charge in [-0.2, -0.15) is 5.10 Å². The van der Waals surface area contributed by atoms with Gasteiger partial charge in [-0.25, -0.2) is 17.6 Å². The van der Waals surface area contributed by atoms with E-state index < -0.39 is 30.3 Å². The highest BCUT2D eigenvalue weighted by atomic mass is 19.3. The molecule has 0 aliphatic carbocycles. The van der Waals surface area contributed by atoms with Gasteiger partial charge in [0.25, 0.3) is 12.9 Å². The van der Waals surface area contributed by atoms with Gasteiger partial charge in [0.05, 0.1) is 0 Å². The van der Waals surface area contributed by atoms with Crippen molar-refractivity contribution in [3.63, 3.8) is 0 Å². The molecule has 2 nitrogen and oxygen atoms in total. The van der Waals surface area contributed by atoms with Crippen LogP contribution >= 0.6 is 0 Å². The maximum atomic E-state index is 12.8. The van der Waals surface area contributed by atoms with Crippen molar-refractivity contribution >= 4 is 6.08 Å². The normalized spacial score (nSPS) is 11.8. The third-order valence-corrected chi connectivity index (χ3v) is 2.12. The third-order valence-electron chi connectivity index (χ3n) is 2.12. The van der Waals surface area contributed by atoms with Crippen LogP contribution in [0.4, 0.5) is 17.6 Å². The van der Waals surface area contributed by atoms with Crippen LogP contribution in [-0.4, -0.2) is 9.78 Å². The number of alkyl halides is 4. The minimum Gasteiger partial charge on any atom is -0.260 e. The standard InChI is InChI=1S/C10H12F4N2/c1-4-6-7(9(11)12)15-16(5(2)3)8(6)10(13)14/h4-5,9-10H,1H2,2-3H3. The lowest BCUT2D eigenvalue weighted by Gasteiger charge is -2.10. The van der Waals surface area contributed by atoms with Crippen molar-refractivity contribution in [2.75, 3.05) is 0 Å². The molecule has 6 heteroatoms. The van der Waals surface area contributed by atoms with Crippen molar-refractivity contribution in [3.8, 4) is 0 Å². The lowest BCUT2D eigenvalue weighted by Crippen LogP contribution is -2.08. The second-order valence-corrected chi connectivity index (χ2v) is 3.53. The molecule has 1 aromatic heterocycles. The maximum Gasteiger partial charge on any atom is 0.282 e. The Morgan fingerprint density at radius 2 is 1.75 bits per heavy atom. The molecule has 0 atom stereocenters. The predicted octanol–water partition coefficient (Wildman–Crippen LogP) is 3.98. The van der Waals surface area contributed by atoms with Crippen molar-refractivity contribution < 1.29 is 17.6 Å². The van der Waals surface area contributed by atoms with Crippen LogP contribution < -0.4 is 0 Å². The quantitative estimate of drug-likeness (QED) is 0.723. The summed E-state index contributed by atoms with van der Waals surface area (Å²) in [7, 11) is 0. The molecule has 0 fully saturated rings. The molecule has 90 valence electrons. The molecule has 0 saturated heterocycles. The maximum absolute atomic E-state index is 12.8. The van der Waals surface area contributed by atoms with Gasteiger partial charge in [-0.1, -0.05) is 12.7 Å². The fourth-order valence-corrected chi connectivity index (χ4v) is 1.46. The molecule has 0 bridgehead atoms. The number of halogens is 4. The zero-order chi connectivity index (χ0) is 12.5. The molecule has 0 saturated carbocycles. The van der Waals surface area contributed by atoms with E-state index in [1.807, 2.05) is 0 Å². The van der Waals surface area contributed by atoms with Crippen LogP contribution in [0.25, 0.3) is 6.08 Å². The van der Waals surface area contributed by atoms with Crippen molar-refractivity contribution in [2.45, 2.75) is 32.7 Å². The van der Waals surface area contributed by atoms with E-state index in [-0.39, 0.29) is 5.56 Å². The molecule has 0 N–H and O–H groups in total. The number of nitrogens with zero attached hydrogens (tertiary/aromatic N) is 2. The van der Waals surface area contributed by atoms with Gasteiger partial charge in [0.2, 0.25) is 0 Å². The summed E-state index contributed by atoms with van der Waals surface area (Å²) in [4.78, 5) is 0. The average molecular weight is 236 g/mol. The first-order chi connectivity index (χ1) is 7.40. The minimum atomic E-state index is -2.88. The molecule has 0 amide bonds. The first kappa shape index (κ1) is 12.7. The smallest absolute Gasteiger partial charge is 0.260 e. The number of hydrogen-bond acceptors (Lipinski definition) is 1. The van der Waals surface area contributed by atoms with Gasteiger partial charge in [0, 0.05) is 11.6 Å². The van der Waals surface area contributed by atoms with Crippen molar-refractivity contribution in [2.24, 2.45) is 0 Å². The predicted molar refractivity (Wildman–Crippen MR) is 52.6 cm³/mol. The van der Waals surface area contributed by atoms with Crippen molar-refractivity contribution in [1.29, 1.82) is 0 Å². The molecule has 0 spiro atoms. The summed E-state index contributed by atoms with van der Waals surface area (Å²) in [6, 6.07) is -0.407. The summed E-state index contributed by atoms with van der Waals surface area (Å²) in [5.41, 5.74) is -1.40. The highest BCUT2D eigenvalue weighted by molar-refractivity contribution is 5.54. The van der Waals surface area contributed by atoms with Crippen molar-refractivity contribution in [1.82, 2.24) is 9.78 Å². The van der Waals surface area contributed by atoms with E-state index in [4.69, 9.17) is 0 Å². The molecule has 1 aromatic rings. The second kappa shape index (κ2) is 4.67. The van der Waals surface area contributed by atoms with Gasteiger partial charge >= 0.3 is 0 Å². The lowest BCUT2D eigenvalue weighted by atomic mass is 10.1. The van der Waals surface area contributed by atoms with E-state index in [1.165, 1.54) is 0 Å². The highest BCUT2D eigenvalue weighted by Crippen LogP contribution is 2.33. The van der Waals surface area contributed by atoms with E-state index in [2.05, 4.69) is 11.7 Å². The fraction of sp³-hybridized carbons (Fsp3) is 0.500. The SMILES string of the molecule is C=Cc1c(C(F)F)nn(C(C)C)c1C(F)F. The summed E-state index contributed by atoms with van der Waals surface area (Å²) in [6.07, 6.45) is -4.74. The fourth-order valence-electron chi connectivity index (χ4n) is 1.46. The van der Waals surface area contributed by atoms with Gasteiger partial charge in [-0.05, 0) is 13.8 Å². The van der Waals surface area contributed by atoms with Crippen molar-refractivity contribution in [3.05, 3.63) is 23.5 Å². The molecular formula is C10H12F4N2. The zero-order valence-electron chi connectivity index (χ0n) is 8.92. The second-order valence-electron chi connectivity index (χ2n) is 3.53. The number of aromatic nitrogens is 2. The topological polar surface area (TPSA) is 17.8 Å². The Morgan fingerprint density at radius 1 is 1.19 bits per heavy atom. The van der Waals surface area contributed by atoms with Gasteiger partial charge < -0.3 is 0 Å². The summed E-state index contributed by atoms with van der Waals surface area (Å²) in [5.74, 6) is 0. The van der Waals surface area contributed by atoms with E-state index in [9.17, 15) is 17.6 Å². The van der Waals surface area contributed by atoms with Crippen LogP contribution in [0.1, 0.15) is 49.7 Å². The van der Waals surface area contributed by atoms with Crippen LogP contribution in [0.3, 0.4) is 0 Å². The van der Waals surface area contributed by atoms with Gasteiger partial charge in [0.15, 0.2) is 0 Å². The van der Waals surface area contributed by atoms with Crippen LogP contribution in [0, 0.1) is 0 Å². The van der Waals surface area contributed by atoms with E-state index >= 15 is 0 Å². The first-order valence-corrected chi connectivity index (χ1v) is 4.71. The highest BCUT2D eigenvalue weighted by Gasteiger charge is 2.27. The van der Waals surface area contributed by atoms with Crippen LogP contribution in [0.15, 0.2) is 6.58 Å². The molecular weight excluding hydrogens is 224 g/mol. The Hall–Kier alpha value is -1.33. The molecule has 1 rings (SSSR count). The summed E-state index contributed by atoms with van der Waals surface area (Å²) < 4.78 is 51.6. The van der Waals surface area contributed by atoms with Crippen LogP contribution in [-0.2, 0) is 0 Å². The zero-order valence-corrected chi connectivity index (χ0v) is 8.92. The van der Waals surface area contributed by atoms with Gasteiger partial charge in [0.1, 0.15) is 11.4 Å². The minimum absolute atomic E-state index is 0.265. The Labute approximate surface area is 90.6 Å². The summed E-state index contributed by atoms with van der Waals surface area (Å²) in [6.45, 7) is 6.47. The Balaban J connectivity index is 3.46. The van der Waals surface area contributed by atoms with Gasteiger partial charge in [-0.3, -0.25) is 4.68 Å². The van der Waals surface area contributed by atoms with Crippen LogP contribution in [0.2, 0.25) is 0 Å². The molecule has 0 aliphatic heterocycles. The Kier molecular flexibility index (Phi) is 3.72. The monoisotopic (exact) mass is 236 g/mol. The average Bonchev–Trinajstić information content (AvgIpc) is 2.56. The molecule has 16 heavy (non-hydrogen) atoms. The molecule has 0 radical (unpaired) electrons. The van der Waals surface area contributed by atoms with E-state index in [0.717, 1.165) is 10.8 Å². The van der Waals surface area contributed by atoms with Gasteiger partial charge in [-0.15, -0.1) is 0 Å². The third kappa shape index (κ3) is 2.10. The lowest BCUT2D eigenvalue weighted by molar-refractivity contribution is 0.136. The molecule has 0 aliphatic rings. The molecule has 0 aromatic carbocycles. The molecule has 1 heterocycles. The van der Waals surface area contributed by atoms with E-state index in [1.54, 1.807) is 13.8 Å². The number of rotatable bonds is 4. The summed E-state index contributed by atoms with van der Waals surface area (Å²) in [5, 5.41) is 3.52. The molecule has 0 unspecified atom stereocenters. The number of hydrogen-bond donors (Lipinski definition) is 0. The van der Waals surface area contributed by atoms with Crippen LogP contribution in [0.5, 0.6) is 0 Å². The van der Waals surface area contributed by atoms with E-state index in [0.29, 0.717) is 0 Å². The first-order valence-electron chi connectivity index (χ1n) is 4.71. The Bertz CT molecular complexity index is 382.